The molecule has 0 saturated heterocycles. The first-order valence-corrected chi connectivity index (χ1v) is 7.38. The zero-order chi connectivity index (χ0) is 16.7. The molecule has 3 aromatic carbocycles. The van der Waals surface area contributed by atoms with Crippen LogP contribution in [0.25, 0.3) is 27.7 Å². The van der Waals surface area contributed by atoms with E-state index in [0.29, 0.717) is 10.9 Å². The number of fused-ring (bicyclic) bond motifs is 1. The molecule has 0 aliphatic heterocycles. The molecule has 4 aromatic rings. The fraction of sp³-hybridized carbons (Fsp3) is 0. The second kappa shape index (κ2) is 5.38. The van der Waals surface area contributed by atoms with Crippen LogP contribution < -0.4 is 0 Å². The summed E-state index contributed by atoms with van der Waals surface area (Å²) in [7, 11) is 0. The summed E-state index contributed by atoms with van der Waals surface area (Å²) in [4.78, 5) is 0. The van der Waals surface area contributed by atoms with Crippen molar-refractivity contribution >= 4 is 10.9 Å². The molecule has 0 unspecified atom stereocenters. The summed E-state index contributed by atoms with van der Waals surface area (Å²) in [6.45, 7) is 0. The first-order valence-electron chi connectivity index (χ1n) is 7.38. The van der Waals surface area contributed by atoms with Crippen molar-refractivity contribution in [2.24, 2.45) is 0 Å². The van der Waals surface area contributed by atoms with E-state index >= 15 is 0 Å². The summed E-state index contributed by atoms with van der Waals surface area (Å²) in [5.74, 6) is -0.833. The van der Waals surface area contributed by atoms with Crippen LogP contribution in [0.15, 0.2) is 66.9 Å². The van der Waals surface area contributed by atoms with E-state index in [1.54, 1.807) is 23.0 Å². The van der Waals surface area contributed by atoms with Gasteiger partial charge in [-0.1, -0.05) is 24.3 Å². The number of phenolic OH excluding ortho intramolecular Hbond substituents is 2. The van der Waals surface area contributed by atoms with Crippen molar-refractivity contribution in [3.63, 3.8) is 0 Å². The topological polar surface area (TPSA) is 58.3 Å². The minimum absolute atomic E-state index is 0.227. The average Bonchev–Trinajstić information content (AvgIpc) is 2.99. The van der Waals surface area contributed by atoms with Gasteiger partial charge < -0.3 is 10.2 Å². The zero-order valence-corrected chi connectivity index (χ0v) is 12.5. The fourth-order valence-corrected chi connectivity index (χ4v) is 2.69. The fourth-order valence-electron chi connectivity index (χ4n) is 2.69. The van der Waals surface area contributed by atoms with E-state index in [-0.39, 0.29) is 5.75 Å². The van der Waals surface area contributed by atoms with Crippen LogP contribution in [0.3, 0.4) is 0 Å². The van der Waals surface area contributed by atoms with Crippen LogP contribution >= 0.6 is 0 Å². The third-order valence-electron chi connectivity index (χ3n) is 3.95. The highest BCUT2D eigenvalue weighted by Crippen LogP contribution is 2.27. The number of phenols is 2. The predicted octanol–water partition coefficient (Wildman–Crippen LogP) is 4.24. The smallest absolute Gasteiger partial charge is 0.165 e. The van der Waals surface area contributed by atoms with Gasteiger partial charge in [-0.15, -0.1) is 0 Å². The molecule has 5 heteroatoms. The monoisotopic (exact) mass is 320 g/mol. The van der Waals surface area contributed by atoms with Crippen LogP contribution in [0.1, 0.15) is 0 Å². The van der Waals surface area contributed by atoms with Crippen LogP contribution in [0, 0.1) is 5.82 Å². The lowest BCUT2D eigenvalue weighted by atomic mass is 10.1. The Morgan fingerprint density at radius 2 is 1.46 bits per heavy atom. The molecule has 0 saturated carbocycles. The van der Waals surface area contributed by atoms with Gasteiger partial charge in [0.25, 0.3) is 0 Å². The molecule has 0 radical (unpaired) electrons. The van der Waals surface area contributed by atoms with E-state index in [2.05, 4.69) is 5.10 Å². The maximum Gasteiger partial charge on any atom is 0.165 e. The van der Waals surface area contributed by atoms with Gasteiger partial charge in [0, 0.05) is 11.5 Å². The minimum Gasteiger partial charge on any atom is -0.508 e. The first kappa shape index (κ1) is 14.3. The SMILES string of the molecule is Oc1ccc(-c2ccc(-n3ncc4cc(F)c(O)cc43)cc2)cc1. The summed E-state index contributed by atoms with van der Waals surface area (Å²) < 4.78 is 15.1. The van der Waals surface area contributed by atoms with Crippen molar-refractivity contribution in [2.45, 2.75) is 0 Å². The van der Waals surface area contributed by atoms with Crippen LogP contribution in [0.5, 0.6) is 11.5 Å². The summed E-state index contributed by atoms with van der Waals surface area (Å²) in [5.41, 5.74) is 3.43. The molecule has 0 aliphatic rings. The highest BCUT2D eigenvalue weighted by atomic mass is 19.1. The molecule has 4 rings (SSSR count). The molecule has 0 aliphatic carbocycles. The van der Waals surface area contributed by atoms with E-state index in [0.717, 1.165) is 16.8 Å². The normalized spacial score (nSPS) is 11.0. The standard InChI is InChI=1S/C19H13FN2O2/c20-17-9-14-11-21-22(18(14)10-19(17)24)15-5-1-12(2-6-15)13-3-7-16(23)8-4-13/h1-11,23-24H. The molecule has 0 amide bonds. The number of rotatable bonds is 2. The third kappa shape index (κ3) is 2.36. The average molecular weight is 320 g/mol. The number of halogens is 1. The number of hydrogen-bond donors (Lipinski definition) is 2. The third-order valence-corrected chi connectivity index (χ3v) is 3.95. The van der Waals surface area contributed by atoms with Gasteiger partial charge in [-0.2, -0.15) is 5.10 Å². The van der Waals surface area contributed by atoms with Crippen molar-refractivity contribution in [3.8, 4) is 28.3 Å². The summed E-state index contributed by atoms with van der Waals surface area (Å²) >= 11 is 0. The van der Waals surface area contributed by atoms with E-state index in [1.807, 2.05) is 36.4 Å². The molecular weight excluding hydrogens is 307 g/mol. The van der Waals surface area contributed by atoms with Crippen LogP contribution in [-0.4, -0.2) is 20.0 Å². The molecule has 0 atom stereocenters. The Kier molecular flexibility index (Phi) is 3.20. The Bertz CT molecular complexity index is 1020. The molecule has 1 aromatic heterocycles. The minimum atomic E-state index is -0.662. The molecule has 2 N–H and O–H groups in total. The largest absolute Gasteiger partial charge is 0.508 e. The van der Waals surface area contributed by atoms with Crippen molar-refractivity contribution in [2.75, 3.05) is 0 Å². The summed E-state index contributed by atoms with van der Waals surface area (Å²) in [6, 6.07) is 17.3. The highest BCUT2D eigenvalue weighted by molar-refractivity contribution is 5.82. The summed E-state index contributed by atoms with van der Waals surface area (Å²) in [5, 5.41) is 23.8. The number of hydrogen-bond acceptors (Lipinski definition) is 3. The lowest BCUT2D eigenvalue weighted by molar-refractivity contribution is 0.433. The van der Waals surface area contributed by atoms with Crippen LogP contribution in [0.2, 0.25) is 0 Å². The molecule has 0 bridgehead atoms. The predicted molar refractivity (Wildman–Crippen MR) is 89.8 cm³/mol. The van der Waals surface area contributed by atoms with Crippen molar-refractivity contribution < 1.29 is 14.6 Å². The van der Waals surface area contributed by atoms with E-state index in [4.69, 9.17) is 0 Å². The van der Waals surface area contributed by atoms with Gasteiger partial charge in [-0.25, -0.2) is 9.07 Å². The van der Waals surface area contributed by atoms with Gasteiger partial charge in [0.15, 0.2) is 11.6 Å². The quantitative estimate of drug-likeness (QED) is 0.581. The molecule has 4 nitrogen and oxygen atoms in total. The Morgan fingerprint density at radius 3 is 2.12 bits per heavy atom. The zero-order valence-electron chi connectivity index (χ0n) is 12.5. The maximum absolute atomic E-state index is 13.4. The Hall–Kier alpha value is -3.34. The first-order chi connectivity index (χ1) is 11.6. The van der Waals surface area contributed by atoms with Crippen molar-refractivity contribution in [1.29, 1.82) is 0 Å². The second-order valence-corrected chi connectivity index (χ2v) is 5.51. The lowest BCUT2D eigenvalue weighted by Crippen LogP contribution is -1.95. The van der Waals surface area contributed by atoms with Crippen LogP contribution in [0.4, 0.5) is 4.39 Å². The Labute approximate surface area is 137 Å². The van der Waals surface area contributed by atoms with Gasteiger partial charge in [0.1, 0.15) is 5.75 Å². The van der Waals surface area contributed by atoms with Crippen LogP contribution in [-0.2, 0) is 0 Å². The molecule has 0 spiro atoms. The molecule has 1 heterocycles. The van der Waals surface area contributed by atoms with Gasteiger partial charge in [0.05, 0.1) is 17.4 Å². The Morgan fingerprint density at radius 1 is 0.833 bits per heavy atom. The second-order valence-electron chi connectivity index (χ2n) is 5.51. The van der Waals surface area contributed by atoms with Gasteiger partial charge >= 0.3 is 0 Å². The maximum atomic E-state index is 13.4. The molecule has 118 valence electrons. The lowest BCUT2D eigenvalue weighted by Gasteiger charge is -2.07. The Balaban J connectivity index is 1.75. The number of nitrogens with zero attached hydrogens (tertiary/aromatic N) is 2. The summed E-state index contributed by atoms with van der Waals surface area (Å²) in [6.07, 6.45) is 1.56. The van der Waals surface area contributed by atoms with Gasteiger partial charge in [-0.3, -0.25) is 0 Å². The number of aromatic hydroxyl groups is 2. The van der Waals surface area contributed by atoms with E-state index in [9.17, 15) is 14.6 Å². The van der Waals surface area contributed by atoms with E-state index < -0.39 is 11.6 Å². The van der Waals surface area contributed by atoms with Crippen molar-refractivity contribution in [3.05, 3.63) is 72.7 Å². The van der Waals surface area contributed by atoms with Gasteiger partial charge in [-0.05, 0) is 41.5 Å². The van der Waals surface area contributed by atoms with Gasteiger partial charge in [0.2, 0.25) is 0 Å². The molecule has 24 heavy (non-hydrogen) atoms. The number of benzene rings is 3. The molecule has 0 fully saturated rings. The highest BCUT2D eigenvalue weighted by Gasteiger charge is 2.10. The van der Waals surface area contributed by atoms with E-state index in [1.165, 1.54) is 12.1 Å². The number of aromatic nitrogens is 2. The van der Waals surface area contributed by atoms with Crippen molar-refractivity contribution in [1.82, 2.24) is 9.78 Å². The molecular formula is C19H13FN2O2.